The molecule has 1 atom stereocenters. The molecule has 0 saturated heterocycles. The molecular formula is C12H25P. The predicted octanol–water partition coefficient (Wildman–Crippen LogP) is 4.60. The van der Waals surface area contributed by atoms with Crippen LogP contribution in [0.1, 0.15) is 52.4 Å². The molecule has 0 amide bonds. The summed E-state index contributed by atoms with van der Waals surface area (Å²) in [5, 5.41) is 0. The molecule has 0 aromatic rings. The van der Waals surface area contributed by atoms with Gasteiger partial charge in [-0.2, -0.15) is 0 Å². The number of unbranched alkanes of at least 4 members (excludes halogenated alkanes) is 3. The molecule has 13 heavy (non-hydrogen) atoms. The van der Waals surface area contributed by atoms with E-state index < -0.39 is 0 Å². The van der Waals surface area contributed by atoms with Crippen molar-refractivity contribution in [3.05, 3.63) is 12.2 Å². The van der Waals surface area contributed by atoms with E-state index in [9.17, 15) is 0 Å². The Morgan fingerprint density at radius 1 is 0.846 bits per heavy atom. The largest absolute Gasteiger partial charge is 0.122 e. The van der Waals surface area contributed by atoms with Crippen molar-refractivity contribution in [3.8, 4) is 0 Å². The standard InChI is InChI=1S/C12H25P/c1-3-5-6-7-8-9-10-12-13-11-4-2/h6-7,13H,3-5,8-12H2,1-2H3. The van der Waals surface area contributed by atoms with Crippen LogP contribution in [0.4, 0.5) is 0 Å². The van der Waals surface area contributed by atoms with Gasteiger partial charge in [0.1, 0.15) is 0 Å². The third kappa shape index (κ3) is 12.2. The summed E-state index contributed by atoms with van der Waals surface area (Å²) in [5.41, 5.74) is 0. The van der Waals surface area contributed by atoms with Crippen LogP contribution < -0.4 is 0 Å². The molecule has 78 valence electrons. The summed E-state index contributed by atoms with van der Waals surface area (Å²) in [7, 11) is 1.22. The highest BCUT2D eigenvalue weighted by Crippen LogP contribution is 2.14. The molecular weight excluding hydrogens is 175 g/mol. The maximum Gasteiger partial charge on any atom is -0.0351 e. The van der Waals surface area contributed by atoms with Crippen molar-refractivity contribution in [1.82, 2.24) is 0 Å². The Labute approximate surface area is 86.0 Å². The first-order valence-corrected chi connectivity index (χ1v) is 7.19. The van der Waals surface area contributed by atoms with Crippen LogP contribution in [0.3, 0.4) is 0 Å². The van der Waals surface area contributed by atoms with Crippen LogP contribution >= 0.6 is 8.58 Å². The van der Waals surface area contributed by atoms with Gasteiger partial charge in [0.25, 0.3) is 0 Å². The Morgan fingerprint density at radius 3 is 2.31 bits per heavy atom. The lowest BCUT2D eigenvalue weighted by Gasteiger charge is -1.97. The molecule has 0 aromatic carbocycles. The highest BCUT2D eigenvalue weighted by Gasteiger charge is 1.87. The number of rotatable bonds is 9. The van der Waals surface area contributed by atoms with E-state index in [0.29, 0.717) is 0 Å². The molecule has 0 heterocycles. The highest BCUT2D eigenvalue weighted by molar-refractivity contribution is 7.37. The highest BCUT2D eigenvalue weighted by atomic mass is 31.1. The SMILES string of the molecule is CCCC=CCCCCPCCC. The van der Waals surface area contributed by atoms with Gasteiger partial charge in [0.2, 0.25) is 0 Å². The second kappa shape index (κ2) is 12.2. The van der Waals surface area contributed by atoms with E-state index >= 15 is 0 Å². The van der Waals surface area contributed by atoms with Gasteiger partial charge in [0.15, 0.2) is 0 Å². The van der Waals surface area contributed by atoms with Crippen molar-refractivity contribution >= 4 is 8.58 Å². The average Bonchev–Trinajstić information content (AvgIpc) is 2.16. The lowest BCUT2D eigenvalue weighted by atomic mass is 10.2. The summed E-state index contributed by atoms with van der Waals surface area (Å²) in [5.74, 6) is 0. The van der Waals surface area contributed by atoms with Gasteiger partial charge >= 0.3 is 0 Å². The number of hydrogen-bond donors (Lipinski definition) is 0. The fourth-order valence-corrected chi connectivity index (χ4v) is 2.32. The summed E-state index contributed by atoms with van der Waals surface area (Å²) in [6.07, 6.45) is 15.7. The Kier molecular flexibility index (Phi) is 12.3. The minimum Gasteiger partial charge on any atom is -0.122 e. The van der Waals surface area contributed by atoms with E-state index in [0.717, 1.165) is 0 Å². The molecule has 0 aliphatic heterocycles. The summed E-state index contributed by atoms with van der Waals surface area (Å²) in [4.78, 5) is 0. The first-order chi connectivity index (χ1) is 6.41. The lowest BCUT2D eigenvalue weighted by molar-refractivity contribution is 0.815. The molecule has 0 N–H and O–H groups in total. The van der Waals surface area contributed by atoms with E-state index in [-0.39, 0.29) is 0 Å². The van der Waals surface area contributed by atoms with Crippen molar-refractivity contribution in [2.75, 3.05) is 12.3 Å². The van der Waals surface area contributed by atoms with Gasteiger partial charge < -0.3 is 0 Å². The predicted molar refractivity (Wildman–Crippen MR) is 66.2 cm³/mol. The van der Waals surface area contributed by atoms with E-state index in [1.54, 1.807) is 0 Å². The molecule has 1 unspecified atom stereocenters. The maximum absolute atomic E-state index is 2.35. The van der Waals surface area contributed by atoms with Gasteiger partial charge in [-0.1, -0.05) is 38.8 Å². The van der Waals surface area contributed by atoms with Gasteiger partial charge in [-0.15, -0.1) is 8.58 Å². The Bertz CT molecular complexity index is 108. The van der Waals surface area contributed by atoms with Crippen LogP contribution in [0.2, 0.25) is 0 Å². The van der Waals surface area contributed by atoms with Crippen LogP contribution in [-0.4, -0.2) is 12.3 Å². The quantitative estimate of drug-likeness (QED) is 0.290. The zero-order valence-corrected chi connectivity index (χ0v) is 10.3. The number of allylic oxidation sites excluding steroid dienone is 2. The van der Waals surface area contributed by atoms with Crippen LogP contribution in [0.25, 0.3) is 0 Å². The van der Waals surface area contributed by atoms with Gasteiger partial charge in [0, 0.05) is 0 Å². The molecule has 0 rings (SSSR count). The van der Waals surface area contributed by atoms with E-state index in [4.69, 9.17) is 0 Å². The normalized spacial score (nSPS) is 12.2. The lowest BCUT2D eigenvalue weighted by Crippen LogP contribution is -1.79. The molecule has 0 aliphatic carbocycles. The third-order valence-electron chi connectivity index (χ3n) is 2.02. The van der Waals surface area contributed by atoms with Crippen LogP contribution in [0.5, 0.6) is 0 Å². The number of hydrogen-bond acceptors (Lipinski definition) is 0. The van der Waals surface area contributed by atoms with Crippen molar-refractivity contribution < 1.29 is 0 Å². The minimum atomic E-state index is 1.22. The first kappa shape index (κ1) is 13.2. The molecule has 0 fully saturated rings. The maximum atomic E-state index is 2.35. The summed E-state index contributed by atoms with van der Waals surface area (Å²) < 4.78 is 0. The van der Waals surface area contributed by atoms with Gasteiger partial charge in [-0.3, -0.25) is 0 Å². The topological polar surface area (TPSA) is 0 Å². The summed E-state index contributed by atoms with van der Waals surface area (Å²) >= 11 is 0. The minimum absolute atomic E-state index is 1.22. The van der Waals surface area contributed by atoms with E-state index in [1.165, 1.54) is 59.4 Å². The molecule has 0 saturated carbocycles. The average molecular weight is 200 g/mol. The molecule has 0 spiro atoms. The van der Waals surface area contributed by atoms with Crippen molar-refractivity contribution in [1.29, 1.82) is 0 Å². The van der Waals surface area contributed by atoms with Crippen molar-refractivity contribution in [3.63, 3.8) is 0 Å². The fraction of sp³-hybridized carbons (Fsp3) is 0.833. The molecule has 0 aliphatic rings. The molecule has 1 heteroatoms. The van der Waals surface area contributed by atoms with E-state index in [2.05, 4.69) is 26.0 Å². The second-order valence-corrected chi connectivity index (χ2v) is 5.01. The fourth-order valence-electron chi connectivity index (χ4n) is 1.22. The third-order valence-corrected chi connectivity index (χ3v) is 3.58. The molecule has 0 nitrogen and oxygen atoms in total. The van der Waals surface area contributed by atoms with Crippen molar-refractivity contribution in [2.45, 2.75) is 52.4 Å². The zero-order chi connectivity index (χ0) is 9.78. The van der Waals surface area contributed by atoms with Crippen LogP contribution in [0, 0.1) is 0 Å². The van der Waals surface area contributed by atoms with Gasteiger partial charge in [0.05, 0.1) is 0 Å². The molecule has 0 bridgehead atoms. The summed E-state index contributed by atoms with van der Waals surface area (Å²) in [6.45, 7) is 4.51. The Morgan fingerprint density at radius 2 is 1.62 bits per heavy atom. The Balaban J connectivity index is 2.91. The van der Waals surface area contributed by atoms with Crippen molar-refractivity contribution in [2.24, 2.45) is 0 Å². The molecule has 0 radical (unpaired) electrons. The second-order valence-electron chi connectivity index (χ2n) is 3.51. The monoisotopic (exact) mass is 200 g/mol. The van der Waals surface area contributed by atoms with Gasteiger partial charge in [-0.05, 0) is 38.0 Å². The summed E-state index contributed by atoms with van der Waals surface area (Å²) in [6, 6.07) is 0. The molecule has 0 aromatic heterocycles. The Hall–Kier alpha value is 0.170. The van der Waals surface area contributed by atoms with Crippen LogP contribution in [0.15, 0.2) is 12.2 Å². The van der Waals surface area contributed by atoms with Crippen LogP contribution in [-0.2, 0) is 0 Å². The van der Waals surface area contributed by atoms with Gasteiger partial charge in [-0.25, -0.2) is 0 Å². The van der Waals surface area contributed by atoms with E-state index in [1.807, 2.05) is 0 Å². The smallest absolute Gasteiger partial charge is 0.0351 e. The zero-order valence-electron chi connectivity index (χ0n) is 9.31. The first-order valence-electron chi connectivity index (χ1n) is 5.77.